The van der Waals surface area contributed by atoms with Gasteiger partial charge in [-0.05, 0) is 30.2 Å². The van der Waals surface area contributed by atoms with Crippen LogP contribution in [-0.4, -0.2) is 10.9 Å². The third-order valence-electron chi connectivity index (χ3n) is 3.60. The van der Waals surface area contributed by atoms with Crippen LogP contribution in [0.4, 0.5) is 0 Å². The van der Waals surface area contributed by atoms with Gasteiger partial charge >= 0.3 is 0 Å². The lowest BCUT2D eigenvalue weighted by Crippen LogP contribution is -2.28. The molecule has 0 saturated heterocycles. The maximum Gasteiger partial charge on any atom is 0.224 e. The Morgan fingerprint density at radius 3 is 2.77 bits per heavy atom. The number of nitrogens with one attached hydrogen (secondary N) is 1. The fraction of sp³-hybridized carbons (Fsp3) is 0.222. The van der Waals surface area contributed by atoms with Gasteiger partial charge in [-0.25, -0.2) is 4.98 Å². The van der Waals surface area contributed by atoms with Gasteiger partial charge in [-0.2, -0.15) is 0 Å². The molecule has 3 rings (SSSR count). The summed E-state index contributed by atoms with van der Waals surface area (Å²) in [5, 5.41) is 3.02. The smallest absolute Gasteiger partial charge is 0.224 e. The number of carbonyl (C=O) groups is 1. The van der Waals surface area contributed by atoms with E-state index in [0.717, 1.165) is 22.2 Å². The van der Waals surface area contributed by atoms with Crippen LogP contribution in [0, 0.1) is 6.92 Å². The second kappa shape index (κ2) is 6.02. The first-order valence-electron chi connectivity index (χ1n) is 7.32. The Kier molecular flexibility index (Phi) is 3.92. The van der Waals surface area contributed by atoms with E-state index in [9.17, 15) is 4.79 Å². The SMILES string of the molecule is Cc1nc2cc(CC(=O)NC(C)c3ccccc3)ccc2o1. The van der Waals surface area contributed by atoms with Crippen LogP contribution in [0.3, 0.4) is 0 Å². The summed E-state index contributed by atoms with van der Waals surface area (Å²) in [5.74, 6) is 0.630. The predicted molar refractivity (Wildman–Crippen MR) is 85.4 cm³/mol. The van der Waals surface area contributed by atoms with E-state index in [1.54, 1.807) is 0 Å². The van der Waals surface area contributed by atoms with E-state index in [2.05, 4.69) is 10.3 Å². The van der Waals surface area contributed by atoms with Crippen molar-refractivity contribution in [2.45, 2.75) is 26.3 Å². The minimum Gasteiger partial charge on any atom is -0.441 e. The summed E-state index contributed by atoms with van der Waals surface area (Å²) in [6.07, 6.45) is 0.332. The van der Waals surface area contributed by atoms with Crippen molar-refractivity contribution in [3.63, 3.8) is 0 Å². The van der Waals surface area contributed by atoms with Crippen LogP contribution in [0.2, 0.25) is 0 Å². The standard InChI is InChI=1S/C18H18N2O2/c1-12(15-6-4-3-5-7-15)19-18(21)11-14-8-9-17-16(10-14)20-13(2)22-17/h3-10,12H,11H2,1-2H3,(H,19,21). The Bertz CT molecular complexity index is 793. The predicted octanol–water partition coefficient (Wildman–Crippen LogP) is 3.56. The van der Waals surface area contributed by atoms with E-state index in [1.165, 1.54) is 0 Å². The van der Waals surface area contributed by atoms with E-state index in [-0.39, 0.29) is 11.9 Å². The zero-order chi connectivity index (χ0) is 15.5. The molecule has 3 aromatic rings. The summed E-state index contributed by atoms with van der Waals surface area (Å²) in [6.45, 7) is 3.80. The minimum atomic E-state index is -0.00766. The highest BCUT2D eigenvalue weighted by atomic mass is 16.3. The number of hydrogen-bond donors (Lipinski definition) is 1. The van der Waals surface area contributed by atoms with Crippen molar-refractivity contribution in [2.24, 2.45) is 0 Å². The Morgan fingerprint density at radius 2 is 2.00 bits per heavy atom. The highest BCUT2D eigenvalue weighted by molar-refractivity contribution is 5.81. The van der Waals surface area contributed by atoms with Gasteiger partial charge in [0.25, 0.3) is 0 Å². The largest absolute Gasteiger partial charge is 0.441 e. The van der Waals surface area contributed by atoms with Crippen molar-refractivity contribution in [3.8, 4) is 0 Å². The van der Waals surface area contributed by atoms with Crippen LogP contribution in [0.25, 0.3) is 11.1 Å². The van der Waals surface area contributed by atoms with Crippen molar-refractivity contribution in [3.05, 3.63) is 65.5 Å². The van der Waals surface area contributed by atoms with Crippen LogP contribution in [0.5, 0.6) is 0 Å². The molecule has 0 bridgehead atoms. The lowest BCUT2D eigenvalue weighted by atomic mass is 10.1. The summed E-state index contributed by atoms with van der Waals surface area (Å²) in [4.78, 5) is 16.5. The fourth-order valence-corrected chi connectivity index (χ4v) is 2.50. The summed E-state index contributed by atoms with van der Waals surface area (Å²) >= 11 is 0. The maximum absolute atomic E-state index is 12.2. The van der Waals surface area contributed by atoms with Gasteiger partial charge in [-0.3, -0.25) is 4.79 Å². The van der Waals surface area contributed by atoms with E-state index in [4.69, 9.17) is 4.42 Å². The molecule has 1 heterocycles. The van der Waals surface area contributed by atoms with Gasteiger partial charge in [0.1, 0.15) is 5.52 Å². The molecule has 0 aliphatic carbocycles. The third-order valence-corrected chi connectivity index (χ3v) is 3.60. The molecule has 0 radical (unpaired) electrons. The highest BCUT2D eigenvalue weighted by Gasteiger charge is 2.11. The van der Waals surface area contributed by atoms with Gasteiger partial charge in [-0.15, -0.1) is 0 Å². The minimum absolute atomic E-state index is 0.00378. The van der Waals surface area contributed by atoms with Crippen LogP contribution < -0.4 is 5.32 Å². The van der Waals surface area contributed by atoms with E-state index < -0.39 is 0 Å². The lowest BCUT2D eigenvalue weighted by Gasteiger charge is -2.14. The number of rotatable bonds is 4. The summed E-state index contributed by atoms with van der Waals surface area (Å²) in [6, 6.07) is 15.6. The van der Waals surface area contributed by atoms with E-state index >= 15 is 0 Å². The Balaban J connectivity index is 1.67. The van der Waals surface area contributed by atoms with Crippen LogP contribution >= 0.6 is 0 Å². The molecule has 4 heteroatoms. The molecule has 0 saturated carbocycles. The molecular formula is C18H18N2O2. The number of oxazole rings is 1. The van der Waals surface area contributed by atoms with Gasteiger partial charge in [-0.1, -0.05) is 36.4 Å². The van der Waals surface area contributed by atoms with Gasteiger partial charge in [0.15, 0.2) is 11.5 Å². The zero-order valence-corrected chi connectivity index (χ0v) is 12.7. The molecule has 1 unspecified atom stereocenters. The van der Waals surface area contributed by atoms with Crippen molar-refractivity contribution < 1.29 is 9.21 Å². The maximum atomic E-state index is 12.2. The molecule has 0 aliphatic heterocycles. The van der Waals surface area contributed by atoms with Crippen LogP contribution in [-0.2, 0) is 11.2 Å². The molecule has 112 valence electrons. The zero-order valence-electron chi connectivity index (χ0n) is 12.7. The molecule has 0 aliphatic rings. The topological polar surface area (TPSA) is 55.1 Å². The summed E-state index contributed by atoms with van der Waals surface area (Å²) in [5.41, 5.74) is 3.57. The molecular weight excluding hydrogens is 276 g/mol. The van der Waals surface area contributed by atoms with Crippen molar-refractivity contribution in [1.82, 2.24) is 10.3 Å². The van der Waals surface area contributed by atoms with Crippen LogP contribution in [0.15, 0.2) is 52.9 Å². The van der Waals surface area contributed by atoms with Crippen molar-refractivity contribution in [2.75, 3.05) is 0 Å². The number of amides is 1. The third kappa shape index (κ3) is 3.17. The van der Waals surface area contributed by atoms with Gasteiger partial charge in [0, 0.05) is 6.92 Å². The lowest BCUT2D eigenvalue weighted by molar-refractivity contribution is -0.121. The second-order valence-corrected chi connectivity index (χ2v) is 5.41. The average Bonchev–Trinajstić information content (AvgIpc) is 2.87. The number of nitrogens with zero attached hydrogens (tertiary/aromatic N) is 1. The van der Waals surface area contributed by atoms with Crippen molar-refractivity contribution >= 4 is 17.0 Å². The Morgan fingerprint density at radius 1 is 1.23 bits per heavy atom. The Labute approximate surface area is 129 Å². The molecule has 0 spiro atoms. The average molecular weight is 294 g/mol. The molecule has 1 N–H and O–H groups in total. The number of hydrogen-bond acceptors (Lipinski definition) is 3. The van der Waals surface area contributed by atoms with Gasteiger partial charge in [0.2, 0.25) is 5.91 Å². The van der Waals surface area contributed by atoms with Gasteiger partial charge in [0.05, 0.1) is 12.5 Å². The highest BCUT2D eigenvalue weighted by Crippen LogP contribution is 2.17. The summed E-state index contributed by atoms with van der Waals surface area (Å²) in [7, 11) is 0. The number of aryl methyl sites for hydroxylation is 1. The summed E-state index contributed by atoms with van der Waals surface area (Å²) < 4.78 is 5.44. The molecule has 1 atom stereocenters. The number of carbonyl (C=O) groups excluding carboxylic acids is 1. The molecule has 4 nitrogen and oxygen atoms in total. The van der Waals surface area contributed by atoms with Crippen LogP contribution in [0.1, 0.15) is 30.0 Å². The molecule has 2 aromatic carbocycles. The quantitative estimate of drug-likeness (QED) is 0.800. The Hall–Kier alpha value is -2.62. The molecule has 22 heavy (non-hydrogen) atoms. The number of aromatic nitrogens is 1. The van der Waals surface area contributed by atoms with Gasteiger partial charge < -0.3 is 9.73 Å². The molecule has 1 aromatic heterocycles. The second-order valence-electron chi connectivity index (χ2n) is 5.41. The number of benzene rings is 2. The number of fused-ring (bicyclic) bond motifs is 1. The van der Waals surface area contributed by atoms with E-state index in [1.807, 2.05) is 62.4 Å². The fourth-order valence-electron chi connectivity index (χ4n) is 2.50. The van der Waals surface area contributed by atoms with E-state index in [0.29, 0.717) is 12.3 Å². The first-order valence-corrected chi connectivity index (χ1v) is 7.32. The first kappa shape index (κ1) is 14.3. The monoisotopic (exact) mass is 294 g/mol. The van der Waals surface area contributed by atoms with Crippen molar-refractivity contribution in [1.29, 1.82) is 0 Å². The molecule has 0 fully saturated rings. The molecule has 1 amide bonds. The first-order chi connectivity index (χ1) is 10.6. The normalized spacial score (nSPS) is 12.3.